The van der Waals surface area contributed by atoms with Gasteiger partial charge in [0, 0.05) is 10.1 Å². The molecule has 3 N–H and O–H groups in total. The second-order valence-corrected chi connectivity index (χ2v) is 6.55. The van der Waals surface area contributed by atoms with Gasteiger partial charge in [-0.25, -0.2) is 4.98 Å². The zero-order valence-corrected chi connectivity index (χ0v) is 12.1. The van der Waals surface area contributed by atoms with Crippen molar-refractivity contribution in [1.29, 1.82) is 0 Å². The summed E-state index contributed by atoms with van der Waals surface area (Å²) in [5, 5.41) is 0.146. The summed E-state index contributed by atoms with van der Waals surface area (Å²) in [6.07, 6.45) is 1.82. The van der Waals surface area contributed by atoms with Crippen molar-refractivity contribution in [2.75, 3.05) is 5.73 Å². The molecule has 1 aromatic carbocycles. The second-order valence-electron chi connectivity index (χ2n) is 5.28. The number of nitrogen functional groups attached to an aromatic ring is 1. The summed E-state index contributed by atoms with van der Waals surface area (Å²) in [7, 11) is 0. The lowest BCUT2D eigenvalue weighted by Gasteiger charge is -2.27. The summed E-state index contributed by atoms with van der Waals surface area (Å²) in [5.74, 6) is 0.726. The number of fused-ring (bicyclic) bond motifs is 1. The van der Waals surface area contributed by atoms with Gasteiger partial charge in [-0.15, -0.1) is 11.8 Å². The van der Waals surface area contributed by atoms with Gasteiger partial charge in [0.2, 0.25) is 5.95 Å². The fourth-order valence-electron chi connectivity index (χ4n) is 2.70. The average molecular weight is 287 g/mol. The summed E-state index contributed by atoms with van der Waals surface area (Å²) >= 11 is 1.73. The van der Waals surface area contributed by atoms with Crippen molar-refractivity contribution in [2.24, 2.45) is 5.92 Å². The second kappa shape index (κ2) is 5.32. The van der Waals surface area contributed by atoms with Crippen LogP contribution in [0.3, 0.4) is 0 Å². The molecule has 5 heteroatoms. The SMILES string of the molecule is CC1Cc2nc(N)[nH]c(=O)c2C(Sc2ccccc2)C1. The molecule has 2 atom stereocenters. The lowest BCUT2D eigenvalue weighted by Crippen LogP contribution is -2.27. The molecule has 2 unspecified atom stereocenters. The Morgan fingerprint density at radius 1 is 1.35 bits per heavy atom. The third kappa shape index (κ3) is 2.58. The fraction of sp³-hybridized carbons (Fsp3) is 0.333. The van der Waals surface area contributed by atoms with Crippen molar-refractivity contribution in [3.8, 4) is 0 Å². The number of H-pyrrole nitrogens is 1. The molecule has 0 amide bonds. The van der Waals surface area contributed by atoms with Gasteiger partial charge in [-0.2, -0.15) is 0 Å². The molecule has 0 bridgehead atoms. The molecule has 0 aliphatic heterocycles. The first-order valence-electron chi connectivity index (χ1n) is 6.73. The van der Waals surface area contributed by atoms with Gasteiger partial charge in [-0.05, 0) is 30.9 Å². The maximum absolute atomic E-state index is 12.2. The van der Waals surface area contributed by atoms with Gasteiger partial charge < -0.3 is 5.73 Å². The molecule has 0 fully saturated rings. The minimum Gasteiger partial charge on any atom is -0.369 e. The summed E-state index contributed by atoms with van der Waals surface area (Å²) < 4.78 is 0. The smallest absolute Gasteiger partial charge is 0.256 e. The zero-order valence-electron chi connectivity index (χ0n) is 11.3. The van der Waals surface area contributed by atoms with Crippen LogP contribution in [0.1, 0.15) is 29.9 Å². The van der Waals surface area contributed by atoms with Crippen LogP contribution in [0, 0.1) is 5.92 Å². The summed E-state index contributed by atoms with van der Waals surface area (Å²) in [4.78, 5) is 20.3. The highest BCUT2D eigenvalue weighted by atomic mass is 32.2. The van der Waals surface area contributed by atoms with Crippen LogP contribution >= 0.6 is 11.8 Å². The lowest BCUT2D eigenvalue weighted by atomic mass is 9.88. The van der Waals surface area contributed by atoms with E-state index in [2.05, 4.69) is 29.0 Å². The minimum atomic E-state index is -0.0900. The standard InChI is InChI=1S/C15H17N3OS/c1-9-7-11-13(14(19)18-15(16)17-11)12(8-9)20-10-5-3-2-4-6-10/h2-6,9,12H,7-8H2,1H3,(H3,16,17,18,19). The maximum Gasteiger partial charge on any atom is 0.256 e. The predicted molar refractivity (Wildman–Crippen MR) is 81.8 cm³/mol. The Morgan fingerprint density at radius 2 is 2.10 bits per heavy atom. The van der Waals surface area contributed by atoms with E-state index >= 15 is 0 Å². The zero-order chi connectivity index (χ0) is 14.1. The number of anilines is 1. The summed E-state index contributed by atoms with van der Waals surface area (Å²) in [5.41, 5.74) is 7.22. The summed E-state index contributed by atoms with van der Waals surface area (Å²) in [6.45, 7) is 2.19. The largest absolute Gasteiger partial charge is 0.369 e. The highest BCUT2D eigenvalue weighted by Crippen LogP contribution is 2.43. The molecule has 0 saturated carbocycles. The number of aromatic amines is 1. The highest BCUT2D eigenvalue weighted by molar-refractivity contribution is 7.99. The Morgan fingerprint density at radius 3 is 2.85 bits per heavy atom. The van der Waals surface area contributed by atoms with Crippen LogP contribution in [0.25, 0.3) is 0 Å². The van der Waals surface area contributed by atoms with Crippen LogP contribution in [0.15, 0.2) is 40.0 Å². The number of nitrogens with one attached hydrogen (secondary N) is 1. The first kappa shape index (κ1) is 13.2. The molecule has 0 radical (unpaired) electrons. The predicted octanol–water partition coefficient (Wildman–Crippen LogP) is 2.77. The Balaban J connectivity index is 2.00. The van der Waals surface area contributed by atoms with Gasteiger partial charge in [0.1, 0.15) is 0 Å². The molecule has 1 aliphatic carbocycles. The van der Waals surface area contributed by atoms with Crippen molar-refractivity contribution in [3.63, 3.8) is 0 Å². The molecule has 0 spiro atoms. The van der Waals surface area contributed by atoms with E-state index in [9.17, 15) is 4.79 Å². The highest BCUT2D eigenvalue weighted by Gasteiger charge is 2.29. The van der Waals surface area contributed by atoms with E-state index in [1.807, 2.05) is 18.2 Å². The van der Waals surface area contributed by atoms with Crippen LogP contribution in [0.5, 0.6) is 0 Å². The molecule has 2 aromatic rings. The van der Waals surface area contributed by atoms with Crippen molar-refractivity contribution in [1.82, 2.24) is 9.97 Å². The van der Waals surface area contributed by atoms with E-state index in [4.69, 9.17) is 5.73 Å². The van der Waals surface area contributed by atoms with Crippen LogP contribution < -0.4 is 11.3 Å². The molecule has 4 nitrogen and oxygen atoms in total. The maximum atomic E-state index is 12.2. The molecular formula is C15H17N3OS. The normalized spacial score (nSPS) is 21.4. The van der Waals surface area contributed by atoms with Gasteiger partial charge in [0.15, 0.2) is 0 Å². The number of nitrogens with zero attached hydrogens (tertiary/aromatic N) is 1. The van der Waals surface area contributed by atoms with Gasteiger partial charge in [0.05, 0.1) is 11.3 Å². The topological polar surface area (TPSA) is 71.8 Å². The first-order valence-corrected chi connectivity index (χ1v) is 7.61. The van der Waals surface area contributed by atoms with Gasteiger partial charge in [-0.1, -0.05) is 25.1 Å². The number of thioether (sulfide) groups is 1. The van der Waals surface area contributed by atoms with Crippen molar-refractivity contribution in [2.45, 2.75) is 29.9 Å². The molecule has 0 saturated heterocycles. The van der Waals surface area contributed by atoms with E-state index in [0.29, 0.717) is 5.92 Å². The summed E-state index contributed by atoms with van der Waals surface area (Å²) in [6, 6.07) is 10.2. The molecular weight excluding hydrogens is 270 g/mol. The van der Waals surface area contributed by atoms with Crippen LogP contribution in [-0.2, 0) is 6.42 Å². The number of nitrogens with two attached hydrogens (primary N) is 1. The average Bonchev–Trinajstić information content (AvgIpc) is 2.38. The van der Waals surface area contributed by atoms with Crippen LogP contribution in [0.2, 0.25) is 0 Å². The van der Waals surface area contributed by atoms with E-state index in [1.165, 1.54) is 4.90 Å². The Kier molecular flexibility index (Phi) is 3.53. The Bertz CT molecular complexity index is 669. The molecule has 104 valence electrons. The van der Waals surface area contributed by atoms with Crippen molar-refractivity contribution in [3.05, 3.63) is 51.9 Å². The van der Waals surface area contributed by atoms with E-state index < -0.39 is 0 Å². The molecule has 1 heterocycles. The number of hydrogen-bond acceptors (Lipinski definition) is 4. The van der Waals surface area contributed by atoms with Crippen LogP contribution in [-0.4, -0.2) is 9.97 Å². The third-order valence-corrected chi connectivity index (χ3v) is 4.81. The molecule has 20 heavy (non-hydrogen) atoms. The quantitative estimate of drug-likeness (QED) is 0.891. The van der Waals surface area contributed by atoms with Crippen molar-refractivity contribution >= 4 is 17.7 Å². The fourth-order valence-corrected chi connectivity index (χ4v) is 4.13. The van der Waals surface area contributed by atoms with Gasteiger partial charge in [-0.3, -0.25) is 9.78 Å². The molecule has 3 rings (SSSR count). The number of benzene rings is 1. The van der Waals surface area contributed by atoms with E-state index in [-0.39, 0.29) is 16.8 Å². The third-order valence-electron chi connectivity index (χ3n) is 3.55. The van der Waals surface area contributed by atoms with Crippen molar-refractivity contribution < 1.29 is 0 Å². The lowest BCUT2D eigenvalue weighted by molar-refractivity contribution is 0.482. The molecule has 1 aromatic heterocycles. The number of aromatic nitrogens is 2. The Hall–Kier alpha value is -1.75. The van der Waals surface area contributed by atoms with E-state index in [1.54, 1.807) is 11.8 Å². The first-order chi connectivity index (χ1) is 9.63. The van der Waals surface area contributed by atoms with E-state index in [0.717, 1.165) is 24.1 Å². The number of hydrogen-bond donors (Lipinski definition) is 2. The van der Waals surface area contributed by atoms with Gasteiger partial charge in [0.25, 0.3) is 5.56 Å². The minimum absolute atomic E-state index is 0.0900. The Labute approximate surface area is 121 Å². The van der Waals surface area contributed by atoms with Crippen LogP contribution in [0.4, 0.5) is 5.95 Å². The molecule has 1 aliphatic rings. The number of rotatable bonds is 2. The van der Waals surface area contributed by atoms with Gasteiger partial charge >= 0.3 is 0 Å². The monoisotopic (exact) mass is 287 g/mol.